The van der Waals surface area contributed by atoms with Gasteiger partial charge in [-0.25, -0.2) is 4.98 Å². The molecule has 3 N–H and O–H groups in total. The SMILES string of the molecule is CC(C)c1nc(NCC2(CC(=O)O)CCC2)cc(=O)[nH]1. The number of nitrogens with zero attached hydrogens (tertiary/aromatic N) is 1. The van der Waals surface area contributed by atoms with E-state index in [0.29, 0.717) is 18.2 Å². The third kappa shape index (κ3) is 3.37. The number of anilines is 1. The molecule has 110 valence electrons. The van der Waals surface area contributed by atoms with E-state index in [4.69, 9.17) is 5.11 Å². The van der Waals surface area contributed by atoms with Crippen molar-refractivity contribution in [1.29, 1.82) is 0 Å². The highest BCUT2D eigenvalue weighted by Crippen LogP contribution is 2.43. The molecule has 1 heterocycles. The highest BCUT2D eigenvalue weighted by molar-refractivity contribution is 5.68. The molecule has 0 aliphatic heterocycles. The van der Waals surface area contributed by atoms with Crippen LogP contribution in [0.1, 0.15) is 51.3 Å². The fourth-order valence-electron chi connectivity index (χ4n) is 2.53. The average Bonchev–Trinajstić information content (AvgIpc) is 2.31. The smallest absolute Gasteiger partial charge is 0.303 e. The summed E-state index contributed by atoms with van der Waals surface area (Å²) in [7, 11) is 0. The molecule has 0 unspecified atom stereocenters. The zero-order valence-electron chi connectivity index (χ0n) is 11.9. The lowest BCUT2D eigenvalue weighted by Crippen LogP contribution is -2.39. The monoisotopic (exact) mass is 279 g/mol. The van der Waals surface area contributed by atoms with Crippen molar-refractivity contribution in [2.24, 2.45) is 5.41 Å². The molecule has 1 aliphatic carbocycles. The summed E-state index contributed by atoms with van der Waals surface area (Å²) in [5.74, 6) is 0.532. The van der Waals surface area contributed by atoms with Crippen LogP contribution in [0.3, 0.4) is 0 Å². The lowest BCUT2D eigenvalue weighted by molar-refractivity contribution is -0.141. The van der Waals surface area contributed by atoms with Crippen LogP contribution in [0.2, 0.25) is 0 Å². The predicted octanol–water partition coefficient (Wildman–Crippen LogP) is 1.95. The van der Waals surface area contributed by atoms with Crippen LogP contribution in [0, 0.1) is 5.41 Å². The third-order valence-electron chi connectivity index (χ3n) is 3.89. The van der Waals surface area contributed by atoms with Gasteiger partial charge < -0.3 is 15.4 Å². The van der Waals surface area contributed by atoms with Crippen LogP contribution in [-0.2, 0) is 4.79 Å². The van der Waals surface area contributed by atoms with E-state index in [0.717, 1.165) is 19.3 Å². The Morgan fingerprint density at radius 1 is 1.55 bits per heavy atom. The molecule has 0 spiro atoms. The van der Waals surface area contributed by atoms with E-state index >= 15 is 0 Å². The van der Waals surface area contributed by atoms with Crippen LogP contribution in [0.15, 0.2) is 10.9 Å². The van der Waals surface area contributed by atoms with E-state index in [9.17, 15) is 9.59 Å². The molecule has 20 heavy (non-hydrogen) atoms. The van der Waals surface area contributed by atoms with Crippen molar-refractivity contribution >= 4 is 11.8 Å². The third-order valence-corrected chi connectivity index (χ3v) is 3.89. The summed E-state index contributed by atoms with van der Waals surface area (Å²) < 4.78 is 0. The molecular weight excluding hydrogens is 258 g/mol. The van der Waals surface area contributed by atoms with E-state index in [1.54, 1.807) is 0 Å². The van der Waals surface area contributed by atoms with Gasteiger partial charge in [-0.1, -0.05) is 20.3 Å². The molecule has 0 atom stereocenters. The number of hydrogen-bond acceptors (Lipinski definition) is 4. The van der Waals surface area contributed by atoms with Crippen molar-refractivity contribution in [3.8, 4) is 0 Å². The minimum Gasteiger partial charge on any atom is -0.481 e. The molecular formula is C14H21N3O3. The number of carboxylic acid groups (broad SMARTS) is 1. The second-order valence-electron chi connectivity index (χ2n) is 5.95. The highest BCUT2D eigenvalue weighted by atomic mass is 16.4. The van der Waals surface area contributed by atoms with Gasteiger partial charge in [0.25, 0.3) is 5.56 Å². The highest BCUT2D eigenvalue weighted by Gasteiger charge is 2.38. The van der Waals surface area contributed by atoms with E-state index < -0.39 is 5.97 Å². The van der Waals surface area contributed by atoms with E-state index in [2.05, 4.69) is 15.3 Å². The molecule has 0 saturated heterocycles. The first-order chi connectivity index (χ1) is 9.40. The van der Waals surface area contributed by atoms with Crippen molar-refractivity contribution < 1.29 is 9.90 Å². The molecule has 1 aliphatic rings. The fraction of sp³-hybridized carbons (Fsp3) is 0.643. The Hall–Kier alpha value is -1.85. The number of H-pyrrole nitrogens is 1. The van der Waals surface area contributed by atoms with Crippen LogP contribution < -0.4 is 10.9 Å². The minimum absolute atomic E-state index is 0.140. The summed E-state index contributed by atoms with van der Waals surface area (Å²) in [6, 6.07) is 1.42. The molecule has 6 nitrogen and oxygen atoms in total. The Labute approximate surface area is 117 Å². The maximum Gasteiger partial charge on any atom is 0.303 e. The topological polar surface area (TPSA) is 95.1 Å². The van der Waals surface area contributed by atoms with Crippen LogP contribution >= 0.6 is 0 Å². The maximum absolute atomic E-state index is 11.6. The van der Waals surface area contributed by atoms with Gasteiger partial charge in [0.15, 0.2) is 0 Å². The first-order valence-electron chi connectivity index (χ1n) is 6.97. The number of nitrogens with one attached hydrogen (secondary N) is 2. The number of rotatable bonds is 6. The lowest BCUT2D eigenvalue weighted by atomic mass is 9.66. The summed E-state index contributed by atoms with van der Waals surface area (Å²) in [6.45, 7) is 4.47. The zero-order chi connectivity index (χ0) is 14.8. The van der Waals surface area contributed by atoms with Crippen molar-refractivity contribution in [2.75, 3.05) is 11.9 Å². The number of aromatic nitrogens is 2. The fourth-order valence-corrected chi connectivity index (χ4v) is 2.53. The molecule has 1 aromatic rings. The molecule has 0 radical (unpaired) electrons. The van der Waals surface area contributed by atoms with Gasteiger partial charge in [-0.2, -0.15) is 0 Å². The van der Waals surface area contributed by atoms with Gasteiger partial charge in [0.2, 0.25) is 0 Å². The zero-order valence-corrected chi connectivity index (χ0v) is 11.9. The summed E-state index contributed by atoms with van der Waals surface area (Å²) in [6.07, 6.45) is 3.05. The number of carbonyl (C=O) groups is 1. The molecule has 2 rings (SSSR count). The standard InChI is InChI=1S/C14H21N3O3/c1-9(2)13-16-10(6-11(18)17-13)15-8-14(4-3-5-14)7-12(19)20/h6,9H,3-5,7-8H2,1-2H3,(H,19,20)(H2,15,16,17,18). The second-order valence-corrected chi connectivity index (χ2v) is 5.95. The van der Waals surface area contributed by atoms with Gasteiger partial charge >= 0.3 is 5.97 Å². The normalized spacial score (nSPS) is 16.8. The maximum atomic E-state index is 11.6. The van der Waals surface area contributed by atoms with Crippen LogP contribution in [0.5, 0.6) is 0 Å². The predicted molar refractivity (Wildman–Crippen MR) is 76.0 cm³/mol. The van der Waals surface area contributed by atoms with E-state index in [1.165, 1.54) is 6.07 Å². The van der Waals surface area contributed by atoms with Crippen LogP contribution in [0.25, 0.3) is 0 Å². The first-order valence-corrected chi connectivity index (χ1v) is 6.97. The van der Waals surface area contributed by atoms with Crippen LogP contribution in [0.4, 0.5) is 5.82 Å². The number of aliphatic carboxylic acids is 1. The molecule has 1 aromatic heterocycles. The van der Waals surface area contributed by atoms with E-state index in [1.807, 2.05) is 13.8 Å². The van der Waals surface area contributed by atoms with Gasteiger partial charge in [0.1, 0.15) is 11.6 Å². The summed E-state index contributed by atoms with van der Waals surface area (Å²) in [5.41, 5.74) is -0.374. The Morgan fingerprint density at radius 3 is 2.75 bits per heavy atom. The van der Waals surface area contributed by atoms with Gasteiger partial charge in [0, 0.05) is 18.5 Å². The van der Waals surface area contributed by atoms with Crippen molar-refractivity contribution in [2.45, 2.75) is 45.4 Å². The Kier molecular flexibility index (Phi) is 4.11. The number of aromatic amines is 1. The van der Waals surface area contributed by atoms with Crippen LogP contribution in [-0.4, -0.2) is 27.6 Å². The van der Waals surface area contributed by atoms with Gasteiger partial charge in [-0.05, 0) is 18.3 Å². The van der Waals surface area contributed by atoms with Gasteiger partial charge in [-0.3, -0.25) is 9.59 Å². The molecule has 0 amide bonds. The van der Waals surface area contributed by atoms with Crippen molar-refractivity contribution in [1.82, 2.24) is 9.97 Å². The van der Waals surface area contributed by atoms with Gasteiger partial charge in [-0.15, -0.1) is 0 Å². The molecule has 0 aromatic carbocycles. The summed E-state index contributed by atoms with van der Waals surface area (Å²) >= 11 is 0. The Bertz CT molecular complexity index is 547. The molecule has 1 saturated carbocycles. The quantitative estimate of drug-likeness (QED) is 0.739. The van der Waals surface area contributed by atoms with E-state index in [-0.39, 0.29) is 23.3 Å². The molecule has 1 fully saturated rings. The minimum atomic E-state index is -0.770. The molecule has 6 heteroatoms. The van der Waals surface area contributed by atoms with Crippen molar-refractivity contribution in [3.63, 3.8) is 0 Å². The van der Waals surface area contributed by atoms with Gasteiger partial charge in [0.05, 0.1) is 6.42 Å². The average molecular weight is 279 g/mol. The number of carboxylic acids is 1. The first kappa shape index (κ1) is 14.6. The lowest BCUT2D eigenvalue weighted by Gasteiger charge is -2.41. The largest absolute Gasteiger partial charge is 0.481 e. The summed E-state index contributed by atoms with van der Waals surface area (Å²) in [5, 5.41) is 12.1. The van der Waals surface area contributed by atoms with Crippen molar-refractivity contribution in [3.05, 3.63) is 22.2 Å². The Balaban J connectivity index is 2.06. The molecule has 0 bridgehead atoms. The second kappa shape index (κ2) is 5.64. The summed E-state index contributed by atoms with van der Waals surface area (Å²) in [4.78, 5) is 29.6. The number of hydrogen-bond donors (Lipinski definition) is 3. The Morgan fingerprint density at radius 2 is 2.25 bits per heavy atom.